The highest BCUT2D eigenvalue weighted by Gasteiger charge is 2.29. The molecule has 8 bridgehead atoms. The molecule has 3 aromatic heterocycles. The first-order chi connectivity index (χ1) is 19.8. The Morgan fingerprint density at radius 3 is 1.05 bits per heavy atom. The maximum Gasteiger partial charge on any atom is 0.0807 e. The van der Waals surface area contributed by atoms with Crippen molar-refractivity contribution < 1.29 is 0 Å². The zero-order chi connectivity index (χ0) is 26.2. The van der Waals surface area contributed by atoms with Gasteiger partial charge in [-0.05, 0) is 24.3 Å². The topological polar surface area (TPSA) is 57.4 Å². The molecule has 40 heavy (non-hydrogen) atoms. The second-order valence-corrected chi connectivity index (χ2v) is 18.5. The Morgan fingerprint density at radius 2 is 0.675 bits per heavy atom. The van der Waals surface area contributed by atoms with Crippen molar-refractivity contribution in [2.45, 2.75) is 19.6 Å². The van der Waals surface area contributed by atoms with E-state index < -0.39 is 0 Å². The van der Waals surface area contributed by atoms with E-state index in [1.165, 1.54) is 61.3 Å². The molecule has 0 atom stereocenters. The Labute approximate surface area is 266 Å². The molecule has 6 aliphatic rings. The summed E-state index contributed by atoms with van der Waals surface area (Å²) in [5.74, 6) is 9.07. The van der Waals surface area contributed by atoms with Crippen LogP contribution in [0.5, 0.6) is 0 Å². The van der Waals surface area contributed by atoms with Crippen LogP contribution in [0.4, 0.5) is 0 Å². The number of rotatable bonds is 0. The lowest BCUT2D eigenvalue weighted by Gasteiger charge is -2.14. The van der Waals surface area contributed by atoms with Crippen molar-refractivity contribution in [3.8, 4) is 0 Å². The van der Waals surface area contributed by atoms with E-state index in [0.29, 0.717) is 0 Å². The second-order valence-electron chi connectivity index (χ2n) is 9.67. The Balaban J connectivity index is 1.42. The first kappa shape index (κ1) is 25.9. The number of nitrogens with zero attached hydrogens (tertiary/aromatic N) is 2. The minimum absolute atomic E-state index is 1.08. The third-order valence-corrected chi connectivity index (χ3v) is 17.7. The number of hydrogen-bond donors (Lipinski definition) is 2. The molecule has 202 valence electrons. The average Bonchev–Trinajstić information content (AvgIpc) is 3.73. The average molecular weight is 671 g/mol. The molecule has 0 amide bonds. The fourth-order valence-electron chi connectivity index (χ4n) is 5.56. The van der Waals surface area contributed by atoms with Crippen molar-refractivity contribution in [1.29, 1.82) is 0 Å². The predicted octanol–water partition coefficient (Wildman–Crippen LogP) is 9.32. The molecule has 9 rings (SSSR count). The van der Waals surface area contributed by atoms with Crippen LogP contribution in [0.1, 0.15) is 22.8 Å². The molecular formula is C28H22N4S8. The van der Waals surface area contributed by atoms with Crippen molar-refractivity contribution in [2.24, 2.45) is 0 Å². The summed E-state index contributed by atoms with van der Waals surface area (Å²) in [5, 5.41) is 0. The minimum atomic E-state index is 1.08. The third-order valence-electron chi connectivity index (χ3n) is 7.18. The molecule has 6 aliphatic heterocycles. The van der Waals surface area contributed by atoms with Gasteiger partial charge in [-0.3, -0.25) is 0 Å². The van der Waals surface area contributed by atoms with Gasteiger partial charge in [-0.15, -0.1) is 94.1 Å². The molecule has 0 unspecified atom stereocenters. The predicted molar refractivity (Wildman–Crippen MR) is 187 cm³/mol. The summed E-state index contributed by atoms with van der Waals surface area (Å²) in [6.07, 6.45) is 0. The van der Waals surface area contributed by atoms with Gasteiger partial charge in [0.1, 0.15) is 0 Å². The van der Waals surface area contributed by atoms with E-state index in [1.54, 1.807) is 0 Å². The van der Waals surface area contributed by atoms with Crippen LogP contribution in [0.2, 0.25) is 0 Å². The van der Waals surface area contributed by atoms with Gasteiger partial charge in [-0.25, -0.2) is 9.97 Å². The molecule has 9 heterocycles. The first-order valence-electron chi connectivity index (χ1n) is 13.1. The van der Waals surface area contributed by atoms with Crippen molar-refractivity contribution in [3.05, 3.63) is 47.0 Å². The molecule has 2 N–H and O–H groups in total. The highest BCUT2D eigenvalue weighted by Crippen LogP contribution is 2.52. The molecule has 12 heteroatoms. The minimum Gasteiger partial charge on any atom is -0.354 e. The highest BCUT2D eigenvalue weighted by atomic mass is 32.2. The Hall–Kier alpha value is -0.600. The molecule has 0 saturated heterocycles. The van der Waals surface area contributed by atoms with Gasteiger partial charge in [-0.1, -0.05) is 0 Å². The second kappa shape index (κ2) is 10.5. The third kappa shape index (κ3) is 4.30. The SMILES string of the molecule is c1c2nc(cc3[nH]c(cc4[nH]c(cc5nc1C1=C5SCCS1)c1c4SCCS1)c1c3SCCS1)C1=C2SCCS1. The van der Waals surface area contributed by atoms with Gasteiger partial charge in [0, 0.05) is 85.2 Å². The maximum atomic E-state index is 5.28. The Kier molecular flexibility index (Phi) is 6.81. The van der Waals surface area contributed by atoms with E-state index in [4.69, 9.17) is 9.97 Å². The monoisotopic (exact) mass is 670 g/mol. The lowest BCUT2D eigenvalue weighted by atomic mass is 10.3. The van der Waals surface area contributed by atoms with Crippen LogP contribution in [0.15, 0.2) is 43.8 Å². The van der Waals surface area contributed by atoms with Crippen molar-refractivity contribution in [2.75, 3.05) is 46.0 Å². The summed E-state index contributed by atoms with van der Waals surface area (Å²) in [5.41, 5.74) is 9.16. The number of aromatic nitrogens is 4. The molecular weight excluding hydrogens is 649 g/mol. The normalized spacial score (nSPS) is 20.2. The Morgan fingerprint density at radius 1 is 0.375 bits per heavy atom. The van der Waals surface area contributed by atoms with Crippen molar-refractivity contribution in [1.82, 2.24) is 19.9 Å². The van der Waals surface area contributed by atoms with E-state index in [1.807, 2.05) is 94.1 Å². The molecule has 0 spiro atoms. The van der Waals surface area contributed by atoms with E-state index in [0.717, 1.165) is 68.8 Å². The lowest BCUT2D eigenvalue weighted by molar-refractivity contribution is 1.27. The molecule has 0 aliphatic carbocycles. The summed E-state index contributed by atoms with van der Waals surface area (Å²) in [7, 11) is 0. The van der Waals surface area contributed by atoms with E-state index in [-0.39, 0.29) is 0 Å². The number of aromatic amines is 2. The van der Waals surface area contributed by atoms with Gasteiger partial charge >= 0.3 is 0 Å². The number of H-pyrrole nitrogens is 2. The Bertz CT molecular complexity index is 1710. The quantitative estimate of drug-likeness (QED) is 0.242. The van der Waals surface area contributed by atoms with Crippen LogP contribution in [0, 0.1) is 0 Å². The van der Waals surface area contributed by atoms with Gasteiger partial charge in [0.05, 0.1) is 44.8 Å². The fourth-order valence-corrected chi connectivity index (χ4v) is 15.3. The van der Waals surface area contributed by atoms with Crippen LogP contribution in [0.3, 0.4) is 0 Å². The zero-order valence-electron chi connectivity index (χ0n) is 21.1. The zero-order valence-corrected chi connectivity index (χ0v) is 27.7. The molecule has 3 aromatic rings. The van der Waals surface area contributed by atoms with E-state index in [9.17, 15) is 0 Å². The number of thioether (sulfide) groups is 8. The van der Waals surface area contributed by atoms with Gasteiger partial charge in [-0.2, -0.15) is 0 Å². The van der Waals surface area contributed by atoms with Crippen LogP contribution < -0.4 is 0 Å². The van der Waals surface area contributed by atoms with E-state index in [2.05, 4.69) is 34.2 Å². The largest absolute Gasteiger partial charge is 0.354 e. The van der Waals surface area contributed by atoms with E-state index >= 15 is 0 Å². The maximum absolute atomic E-state index is 5.28. The molecule has 4 nitrogen and oxygen atoms in total. The summed E-state index contributed by atoms with van der Waals surface area (Å²) >= 11 is 15.8. The molecule has 0 aromatic carbocycles. The molecule has 0 saturated carbocycles. The summed E-state index contributed by atoms with van der Waals surface area (Å²) in [4.78, 5) is 29.1. The van der Waals surface area contributed by atoms with Gasteiger partial charge in [0.15, 0.2) is 0 Å². The molecule has 0 fully saturated rings. The summed E-state index contributed by atoms with van der Waals surface area (Å²) in [6, 6.07) is 9.25. The van der Waals surface area contributed by atoms with Crippen LogP contribution in [0.25, 0.3) is 41.7 Å². The van der Waals surface area contributed by atoms with Crippen LogP contribution in [-0.2, 0) is 0 Å². The summed E-state index contributed by atoms with van der Waals surface area (Å²) in [6.45, 7) is 0. The number of hydrogen-bond acceptors (Lipinski definition) is 10. The number of nitrogens with one attached hydrogen (secondary N) is 2. The van der Waals surface area contributed by atoms with Crippen molar-refractivity contribution >= 4 is 136 Å². The van der Waals surface area contributed by atoms with Crippen LogP contribution in [-0.4, -0.2) is 66.0 Å². The van der Waals surface area contributed by atoms with Gasteiger partial charge < -0.3 is 9.97 Å². The van der Waals surface area contributed by atoms with Gasteiger partial charge in [0.2, 0.25) is 0 Å². The lowest BCUT2D eigenvalue weighted by Crippen LogP contribution is -1.93. The smallest absolute Gasteiger partial charge is 0.0807 e. The van der Waals surface area contributed by atoms with Crippen molar-refractivity contribution in [3.63, 3.8) is 0 Å². The summed E-state index contributed by atoms with van der Waals surface area (Å²) < 4.78 is 0. The highest BCUT2D eigenvalue weighted by molar-refractivity contribution is 8.17. The van der Waals surface area contributed by atoms with Gasteiger partial charge in [0.25, 0.3) is 0 Å². The molecule has 0 radical (unpaired) electrons. The number of fused-ring (bicyclic) bond motifs is 18. The first-order valence-corrected chi connectivity index (χ1v) is 21.0. The fraction of sp³-hybridized carbons (Fsp3) is 0.286. The van der Waals surface area contributed by atoms with Crippen LogP contribution >= 0.6 is 94.1 Å². The standard InChI is InChI=1S/C28H22N4S8/c1-2-34-22-14-10-16-24-26(38-6-5-36-24)18(31-16)12-20-28-27(39-7-8-40-28)19(32-20)11-17-25-23(35-3-4-37-25)15(30-17)9-13(29-14)21(22)33-1/h9-12,29-30H,1-8H2.